The van der Waals surface area contributed by atoms with Gasteiger partial charge in [0.2, 0.25) is 0 Å². The van der Waals surface area contributed by atoms with Gasteiger partial charge >= 0.3 is 11.9 Å². The van der Waals surface area contributed by atoms with Crippen molar-refractivity contribution in [3.63, 3.8) is 0 Å². The first-order valence-corrected chi connectivity index (χ1v) is 9.12. The molecule has 1 aliphatic heterocycles. The van der Waals surface area contributed by atoms with Crippen LogP contribution < -0.4 is 0 Å². The average molecular weight is 398 g/mol. The van der Waals surface area contributed by atoms with Gasteiger partial charge in [0.15, 0.2) is 0 Å². The summed E-state index contributed by atoms with van der Waals surface area (Å²) in [5, 5.41) is 0.826. The summed E-state index contributed by atoms with van der Waals surface area (Å²) in [6.07, 6.45) is 0. The van der Waals surface area contributed by atoms with Gasteiger partial charge in [-0.15, -0.1) is 0 Å². The molecule has 1 unspecified atom stereocenters. The molecule has 0 N–H and O–H groups in total. The topological polar surface area (TPSA) is 65.0 Å². The Morgan fingerprint density at radius 2 is 1.77 bits per heavy atom. The number of benzene rings is 1. The van der Waals surface area contributed by atoms with Crippen LogP contribution in [-0.4, -0.2) is 30.9 Å². The van der Waals surface area contributed by atoms with Crippen LogP contribution in [0.25, 0.3) is 0 Å². The van der Waals surface area contributed by atoms with Gasteiger partial charge in [-0.1, -0.05) is 29.3 Å². The summed E-state index contributed by atoms with van der Waals surface area (Å²) in [6, 6.07) is 4.97. The van der Waals surface area contributed by atoms with Crippen LogP contribution in [0.5, 0.6) is 0 Å². The zero-order valence-electron chi connectivity index (χ0n) is 15.1. The third-order valence-electron chi connectivity index (χ3n) is 4.16. The zero-order chi connectivity index (χ0) is 19.4. The maximum Gasteiger partial charge on any atom is 0.336 e. The second-order valence-electron chi connectivity index (χ2n) is 5.85. The highest BCUT2D eigenvalue weighted by atomic mass is 35.5. The Morgan fingerprint density at radius 3 is 2.35 bits per heavy atom. The van der Waals surface area contributed by atoms with Gasteiger partial charge in [0, 0.05) is 27.4 Å². The van der Waals surface area contributed by atoms with Crippen molar-refractivity contribution in [3.05, 3.63) is 45.1 Å². The third-order valence-corrected chi connectivity index (χ3v) is 4.72. The van der Waals surface area contributed by atoms with E-state index in [1.54, 1.807) is 45.9 Å². The molecule has 0 radical (unpaired) electrons. The van der Waals surface area contributed by atoms with Crippen LogP contribution in [0.15, 0.2) is 34.5 Å². The molecule has 2 atom stereocenters. The van der Waals surface area contributed by atoms with Gasteiger partial charge < -0.3 is 9.47 Å². The van der Waals surface area contributed by atoms with Crippen molar-refractivity contribution in [2.24, 2.45) is 10.9 Å². The normalized spacial score (nSPS) is 19.8. The molecular weight excluding hydrogens is 377 g/mol. The van der Waals surface area contributed by atoms with Gasteiger partial charge in [-0.3, -0.25) is 9.79 Å². The predicted molar refractivity (Wildman–Crippen MR) is 102 cm³/mol. The molecule has 140 valence electrons. The van der Waals surface area contributed by atoms with E-state index in [4.69, 9.17) is 32.7 Å². The number of carbonyl (C=O) groups is 2. The number of nitrogens with zero attached hydrogens (tertiary/aromatic N) is 1. The van der Waals surface area contributed by atoms with E-state index in [0.717, 1.165) is 0 Å². The van der Waals surface area contributed by atoms with E-state index < -0.39 is 23.8 Å². The van der Waals surface area contributed by atoms with Crippen molar-refractivity contribution in [3.8, 4) is 0 Å². The lowest BCUT2D eigenvalue weighted by atomic mass is 9.75. The molecule has 0 fully saturated rings. The third kappa shape index (κ3) is 4.10. The fourth-order valence-corrected chi connectivity index (χ4v) is 3.66. The standard InChI is InChI=1S/C19H21Cl2NO4/c1-5-25-18(23)15-10(3)22-11(4)16(19(24)26-6-2)17(15)13-8-7-12(20)9-14(13)21/h7-9,15,17H,5-6H2,1-4H3/t15?,17-/m1/s1. The second kappa shape index (κ2) is 8.69. The lowest BCUT2D eigenvalue weighted by Gasteiger charge is -2.32. The Hall–Kier alpha value is -1.85. The van der Waals surface area contributed by atoms with Crippen molar-refractivity contribution in [1.29, 1.82) is 0 Å². The van der Waals surface area contributed by atoms with Crippen LogP contribution in [-0.2, 0) is 19.1 Å². The van der Waals surface area contributed by atoms with Crippen molar-refractivity contribution in [2.75, 3.05) is 13.2 Å². The SMILES string of the molecule is CCOC(=O)C1=C(C)N=C(C)C(C(=O)OCC)[C@H]1c1ccc(Cl)cc1Cl. The van der Waals surface area contributed by atoms with Crippen molar-refractivity contribution in [1.82, 2.24) is 0 Å². The minimum atomic E-state index is -0.767. The van der Waals surface area contributed by atoms with Gasteiger partial charge in [0.1, 0.15) is 5.92 Å². The van der Waals surface area contributed by atoms with Crippen LogP contribution in [0.2, 0.25) is 10.0 Å². The Morgan fingerprint density at radius 1 is 1.12 bits per heavy atom. The van der Waals surface area contributed by atoms with E-state index in [9.17, 15) is 9.59 Å². The van der Waals surface area contributed by atoms with Crippen LogP contribution in [0, 0.1) is 5.92 Å². The molecule has 1 aliphatic rings. The molecular formula is C19H21Cl2NO4. The number of allylic oxidation sites excluding steroid dienone is 1. The average Bonchev–Trinajstić information content (AvgIpc) is 2.54. The van der Waals surface area contributed by atoms with Crippen LogP contribution in [0.1, 0.15) is 39.2 Å². The van der Waals surface area contributed by atoms with Crippen LogP contribution >= 0.6 is 23.2 Å². The summed E-state index contributed by atoms with van der Waals surface area (Å²) >= 11 is 12.4. The molecule has 7 heteroatoms. The van der Waals surface area contributed by atoms with E-state index in [1.807, 2.05) is 0 Å². The van der Waals surface area contributed by atoms with Crippen molar-refractivity contribution >= 4 is 40.9 Å². The molecule has 0 spiro atoms. The van der Waals surface area contributed by atoms with E-state index in [2.05, 4.69) is 4.99 Å². The molecule has 0 saturated heterocycles. The van der Waals surface area contributed by atoms with Gasteiger partial charge in [-0.05, 0) is 45.4 Å². The Labute approximate surface area is 163 Å². The van der Waals surface area contributed by atoms with Crippen molar-refractivity contribution in [2.45, 2.75) is 33.6 Å². The Balaban J connectivity index is 2.67. The molecule has 0 aromatic heterocycles. The van der Waals surface area contributed by atoms with E-state index in [1.165, 1.54) is 0 Å². The maximum absolute atomic E-state index is 12.7. The monoisotopic (exact) mass is 397 g/mol. The van der Waals surface area contributed by atoms with Crippen LogP contribution in [0.3, 0.4) is 0 Å². The minimum Gasteiger partial charge on any atom is -0.465 e. The molecule has 1 aromatic carbocycles. The fourth-order valence-electron chi connectivity index (χ4n) is 3.14. The van der Waals surface area contributed by atoms with Gasteiger partial charge in [-0.25, -0.2) is 4.79 Å². The van der Waals surface area contributed by atoms with Gasteiger partial charge in [0.05, 0.1) is 18.8 Å². The molecule has 0 aliphatic carbocycles. The Kier molecular flexibility index (Phi) is 6.84. The number of hydrogen-bond acceptors (Lipinski definition) is 5. The highest BCUT2D eigenvalue weighted by molar-refractivity contribution is 6.35. The highest BCUT2D eigenvalue weighted by Crippen LogP contribution is 2.43. The summed E-state index contributed by atoms with van der Waals surface area (Å²) in [7, 11) is 0. The number of aliphatic imine (C=N–C) groups is 1. The van der Waals surface area contributed by atoms with Gasteiger partial charge in [0.25, 0.3) is 0 Å². The summed E-state index contributed by atoms with van der Waals surface area (Å²) in [5.41, 5.74) is 1.97. The van der Waals surface area contributed by atoms with Crippen LogP contribution in [0.4, 0.5) is 0 Å². The number of hydrogen-bond donors (Lipinski definition) is 0. The summed E-state index contributed by atoms with van der Waals surface area (Å²) < 4.78 is 10.4. The smallest absolute Gasteiger partial charge is 0.336 e. The second-order valence-corrected chi connectivity index (χ2v) is 6.69. The summed E-state index contributed by atoms with van der Waals surface area (Å²) in [4.78, 5) is 29.7. The molecule has 0 saturated carbocycles. The van der Waals surface area contributed by atoms with Gasteiger partial charge in [-0.2, -0.15) is 0 Å². The lowest BCUT2D eigenvalue weighted by molar-refractivity contribution is -0.146. The van der Waals surface area contributed by atoms with E-state index in [-0.39, 0.29) is 13.2 Å². The first-order chi connectivity index (χ1) is 12.3. The van der Waals surface area contributed by atoms with E-state index in [0.29, 0.717) is 32.6 Å². The number of rotatable bonds is 5. The number of halogens is 2. The number of carbonyl (C=O) groups excluding carboxylic acids is 2. The lowest BCUT2D eigenvalue weighted by Crippen LogP contribution is -2.36. The first kappa shape index (κ1) is 20.5. The molecule has 0 bridgehead atoms. The van der Waals surface area contributed by atoms with Crippen molar-refractivity contribution < 1.29 is 19.1 Å². The number of esters is 2. The molecule has 26 heavy (non-hydrogen) atoms. The highest BCUT2D eigenvalue weighted by Gasteiger charge is 2.43. The maximum atomic E-state index is 12.7. The quantitative estimate of drug-likeness (QED) is 0.682. The predicted octanol–water partition coefficient (Wildman–Crippen LogP) is 4.57. The summed E-state index contributed by atoms with van der Waals surface area (Å²) in [6.45, 7) is 7.34. The fraction of sp³-hybridized carbons (Fsp3) is 0.421. The molecule has 2 rings (SSSR count). The number of ether oxygens (including phenoxy) is 2. The Bertz CT molecular complexity index is 786. The zero-order valence-corrected chi connectivity index (χ0v) is 16.6. The molecule has 1 aromatic rings. The molecule has 1 heterocycles. The minimum absolute atomic E-state index is 0.212. The molecule has 0 amide bonds. The summed E-state index contributed by atoms with van der Waals surface area (Å²) in [5.74, 6) is -2.40. The first-order valence-electron chi connectivity index (χ1n) is 8.36. The largest absolute Gasteiger partial charge is 0.465 e. The molecule has 5 nitrogen and oxygen atoms in total. The van der Waals surface area contributed by atoms with E-state index >= 15 is 0 Å².